The van der Waals surface area contributed by atoms with Gasteiger partial charge in [0.15, 0.2) is 0 Å². The fourth-order valence-electron chi connectivity index (χ4n) is 3.71. The number of aromatic nitrogens is 2. The maximum absolute atomic E-state index is 12.9. The second-order valence-corrected chi connectivity index (χ2v) is 6.76. The number of carbonyl (C=O) groups excluding carboxylic acids is 1. The number of anilines is 2. The first kappa shape index (κ1) is 16.8. The highest BCUT2D eigenvalue weighted by Crippen LogP contribution is 2.34. The van der Waals surface area contributed by atoms with E-state index in [-0.39, 0.29) is 23.7 Å². The fourth-order valence-corrected chi connectivity index (χ4v) is 3.71. The standard InChI is InChI=1S/C19H22N4O3/c1-12-3-2-4-14-19(12)13(11-20-14)15(24)9-16-21-17(10-18(25)22-16)23-5-7-26-8-6-23/h2-4,10,13,20H,5-9,11H2,1H3,(H,21,22,25). The molecule has 0 spiro atoms. The van der Waals surface area contributed by atoms with Gasteiger partial charge in [0.05, 0.1) is 25.6 Å². The molecule has 7 nitrogen and oxygen atoms in total. The minimum atomic E-state index is -0.231. The third-order valence-electron chi connectivity index (χ3n) is 5.01. The maximum atomic E-state index is 12.9. The summed E-state index contributed by atoms with van der Waals surface area (Å²) in [6.45, 7) is 5.24. The number of rotatable bonds is 4. The van der Waals surface area contributed by atoms with Crippen molar-refractivity contribution < 1.29 is 9.53 Å². The van der Waals surface area contributed by atoms with Crippen LogP contribution in [0.5, 0.6) is 0 Å². The second-order valence-electron chi connectivity index (χ2n) is 6.76. The van der Waals surface area contributed by atoms with Gasteiger partial charge in [-0.1, -0.05) is 12.1 Å². The first-order valence-corrected chi connectivity index (χ1v) is 8.91. The Morgan fingerprint density at radius 2 is 2.15 bits per heavy atom. The van der Waals surface area contributed by atoms with E-state index in [2.05, 4.69) is 15.3 Å². The zero-order valence-electron chi connectivity index (χ0n) is 14.7. The first-order valence-electron chi connectivity index (χ1n) is 8.91. The number of aromatic amines is 1. The number of nitrogens with zero attached hydrogens (tertiary/aromatic N) is 2. The Bertz CT molecular complexity index is 887. The monoisotopic (exact) mass is 354 g/mol. The topological polar surface area (TPSA) is 87.3 Å². The average molecular weight is 354 g/mol. The number of morpholine rings is 1. The molecule has 7 heteroatoms. The molecule has 3 heterocycles. The molecule has 0 bridgehead atoms. The minimum Gasteiger partial charge on any atom is -0.384 e. The van der Waals surface area contributed by atoms with Crippen LogP contribution in [0.15, 0.2) is 29.1 Å². The Labute approximate surface area is 151 Å². The molecular formula is C19H22N4O3. The number of benzene rings is 1. The fraction of sp³-hybridized carbons (Fsp3) is 0.421. The Kier molecular flexibility index (Phi) is 4.46. The van der Waals surface area contributed by atoms with Crippen molar-refractivity contribution in [3.05, 3.63) is 51.6 Å². The molecular weight excluding hydrogens is 332 g/mol. The Morgan fingerprint density at radius 3 is 2.96 bits per heavy atom. The number of aryl methyl sites for hydroxylation is 1. The summed E-state index contributed by atoms with van der Waals surface area (Å²) in [6.07, 6.45) is 0.119. The third-order valence-corrected chi connectivity index (χ3v) is 5.01. The highest BCUT2D eigenvalue weighted by atomic mass is 16.5. The molecule has 2 aliphatic heterocycles. The Balaban J connectivity index is 1.56. The van der Waals surface area contributed by atoms with Crippen molar-refractivity contribution in [2.45, 2.75) is 19.3 Å². The summed E-state index contributed by atoms with van der Waals surface area (Å²) in [7, 11) is 0. The van der Waals surface area contributed by atoms with Crippen molar-refractivity contribution >= 4 is 17.3 Å². The number of carbonyl (C=O) groups is 1. The highest BCUT2D eigenvalue weighted by molar-refractivity contribution is 5.91. The Hall–Kier alpha value is -2.67. The molecule has 1 aromatic heterocycles. The number of hydrogen-bond donors (Lipinski definition) is 2. The second kappa shape index (κ2) is 6.92. The van der Waals surface area contributed by atoms with Crippen LogP contribution in [0.25, 0.3) is 0 Å². The molecule has 1 atom stereocenters. The minimum absolute atomic E-state index is 0.0628. The van der Waals surface area contributed by atoms with E-state index in [1.54, 1.807) is 0 Å². The van der Waals surface area contributed by atoms with Crippen molar-refractivity contribution in [2.75, 3.05) is 43.1 Å². The van der Waals surface area contributed by atoms with Gasteiger partial charge < -0.3 is 19.9 Å². The number of fused-ring (bicyclic) bond motifs is 1. The van der Waals surface area contributed by atoms with Crippen LogP contribution in [0, 0.1) is 6.92 Å². The lowest BCUT2D eigenvalue weighted by molar-refractivity contribution is -0.119. The van der Waals surface area contributed by atoms with Crippen LogP contribution in [-0.2, 0) is 16.0 Å². The summed E-state index contributed by atoms with van der Waals surface area (Å²) in [5, 5.41) is 3.30. The summed E-state index contributed by atoms with van der Waals surface area (Å²) >= 11 is 0. The summed E-state index contributed by atoms with van der Waals surface area (Å²) in [4.78, 5) is 34.2. The lowest BCUT2D eigenvalue weighted by Crippen LogP contribution is -2.37. The third kappa shape index (κ3) is 3.22. The largest absolute Gasteiger partial charge is 0.384 e. The van der Waals surface area contributed by atoms with Gasteiger partial charge in [-0.2, -0.15) is 0 Å². The van der Waals surface area contributed by atoms with Gasteiger partial charge >= 0.3 is 0 Å². The van der Waals surface area contributed by atoms with Crippen molar-refractivity contribution in [3.63, 3.8) is 0 Å². The predicted molar refractivity (Wildman–Crippen MR) is 99.0 cm³/mol. The van der Waals surface area contributed by atoms with Crippen molar-refractivity contribution in [1.82, 2.24) is 9.97 Å². The SMILES string of the molecule is Cc1cccc2c1C(C(=O)Cc1nc(N3CCOCC3)cc(=O)[nH]1)CN2. The maximum Gasteiger partial charge on any atom is 0.252 e. The number of hydrogen-bond acceptors (Lipinski definition) is 6. The molecule has 0 aliphatic carbocycles. The van der Waals surface area contributed by atoms with E-state index in [9.17, 15) is 9.59 Å². The van der Waals surface area contributed by atoms with E-state index in [0.29, 0.717) is 44.5 Å². The summed E-state index contributed by atoms with van der Waals surface area (Å²) in [5.74, 6) is 0.892. The van der Waals surface area contributed by atoms with Gasteiger partial charge in [0, 0.05) is 31.4 Å². The molecule has 2 aliphatic rings. The highest BCUT2D eigenvalue weighted by Gasteiger charge is 2.30. The molecule has 1 aromatic carbocycles. The van der Waals surface area contributed by atoms with Crippen LogP contribution in [-0.4, -0.2) is 48.6 Å². The Morgan fingerprint density at radius 1 is 1.35 bits per heavy atom. The van der Waals surface area contributed by atoms with Gasteiger partial charge in [-0.3, -0.25) is 9.59 Å². The lowest BCUT2D eigenvalue weighted by atomic mass is 9.91. The molecule has 136 valence electrons. The average Bonchev–Trinajstić information content (AvgIpc) is 3.08. The molecule has 4 rings (SSSR count). The number of H-pyrrole nitrogens is 1. The molecule has 0 radical (unpaired) electrons. The summed E-state index contributed by atoms with van der Waals surface area (Å²) in [5.41, 5.74) is 2.95. The van der Waals surface area contributed by atoms with Gasteiger partial charge in [-0.25, -0.2) is 4.98 Å². The van der Waals surface area contributed by atoms with Gasteiger partial charge in [0.25, 0.3) is 5.56 Å². The van der Waals surface area contributed by atoms with Crippen LogP contribution in [0.1, 0.15) is 22.9 Å². The number of Topliss-reactive ketones (excluding diaryl/α,β-unsaturated/α-hetero) is 1. The first-order chi connectivity index (χ1) is 12.6. The van der Waals surface area contributed by atoms with Gasteiger partial charge in [-0.15, -0.1) is 0 Å². The van der Waals surface area contributed by atoms with Gasteiger partial charge in [-0.05, 0) is 24.1 Å². The van der Waals surface area contributed by atoms with Crippen LogP contribution in [0.4, 0.5) is 11.5 Å². The predicted octanol–water partition coefficient (Wildman–Crippen LogP) is 1.24. The van der Waals surface area contributed by atoms with E-state index in [1.165, 1.54) is 6.07 Å². The molecule has 0 amide bonds. The van der Waals surface area contributed by atoms with Crippen LogP contribution in [0.2, 0.25) is 0 Å². The quantitative estimate of drug-likeness (QED) is 0.859. The van der Waals surface area contributed by atoms with E-state index in [4.69, 9.17) is 4.74 Å². The van der Waals surface area contributed by atoms with Crippen molar-refractivity contribution in [3.8, 4) is 0 Å². The van der Waals surface area contributed by atoms with E-state index >= 15 is 0 Å². The molecule has 1 unspecified atom stereocenters. The zero-order valence-corrected chi connectivity index (χ0v) is 14.7. The molecule has 1 saturated heterocycles. The van der Waals surface area contributed by atoms with Crippen LogP contribution < -0.4 is 15.8 Å². The van der Waals surface area contributed by atoms with Gasteiger partial charge in [0.1, 0.15) is 17.4 Å². The molecule has 1 fully saturated rings. The smallest absolute Gasteiger partial charge is 0.252 e. The van der Waals surface area contributed by atoms with E-state index in [1.807, 2.05) is 30.0 Å². The van der Waals surface area contributed by atoms with Crippen molar-refractivity contribution in [2.24, 2.45) is 0 Å². The molecule has 0 saturated carbocycles. The summed E-state index contributed by atoms with van der Waals surface area (Å²) < 4.78 is 5.34. The van der Waals surface area contributed by atoms with Crippen LogP contribution >= 0.6 is 0 Å². The number of ether oxygens (including phenoxy) is 1. The molecule has 26 heavy (non-hydrogen) atoms. The van der Waals surface area contributed by atoms with Gasteiger partial charge in [0.2, 0.25) is 0 Å². The van der Waals surface area contributed by atoms with E-state index < -0.39 is 0 Å². The number of nitrogens with one attached hydrogen (secondary N) is 2. The van der Waals surface area contributed by atoms with Crippen molar-refractivity contribution in [1.29, 1.82) is 0 Å². The van der Waals surface area contributed by atoms with E-state index in [0.717, 1.165) is 16.8 Å². The number of ketones is 1. The molecule has 2 N–H and O–H groups in total. The summed E-state index contributed by atoms with van der Waals surface area (Å²) in [6, 6.07) is 7.48. The molecule has 2 aromatic rings. The lowest BCUT2D eigenvalue weighted by Gasteiger charge is -2.27. The van der Waals surface area contributed by atoms with Crippen LogP contribution in [0.3, 0.4) is 0 Å². The normalized spacial score (nSPS) is 19.1. The zero-order chi connectivity index (χ0) is 18.1.